The Morgan fingerprint density at radius 1 is 0.810 bits per heavy atom. The number of rotatable bonds is 9. The molecule has 0 saturated heterocycles. The third kappa shape index (κ3) is 7.43. The fourth-order valence-electron chi connectivity index (χ4n) is 3.71. The second-order valence-corrected chi connectivity index (χ2v) is 13.5. The van der Waals surface area contributed by atoms with Gasteiger partial charge in [-0.15, -0.1) is 0 Å². The van der Waals surface area contributed by atoms with E-state index in [4.69, 9.17) is 11.6 Å². The van der Waals surface area contributed by atoms with Crippen molar-refractivity contribution in [3.8, 4) is 0 Å². The van der Waals surface area contributed by atoms with Gasteiger partial charge in [-0.2, -0.15) is 13.2 Å². The molecule has 0 aromatic heterocycles. The van der Waals surface area contributed by atoms with Crippen LogP contribution < -0.4 is 14.3 Å². The molecule has 42 heavy (non-hydrogen) atoms. The predicted molar refractivity (Wildman–Crippen MR) is 157 cm³/mol. The summed E-state index contributed by atoms with van der Waals surface area (Å²) < 4.78 is 95.5. The fourth-order valence-corrected chi connectivity index (χ4v) is 6.69. The molecule has 0 aliphatic heterocycles. The van der Waals surface area contributed by atoms with Crippen LogP contribution in [0.3, 0.4) is 0 Å². The number of carbonyl (C=O) groups excluding carboxylic acids is 1. The van der Waals surface area contributed by atoms with E-state index in [1.54, 1.807) is 30.3 Å². The minimum atomic E-state index is -4.79. The zero-order chi connectivity index (χ0) is 30.7. The van der Waals surface area contributed by atoms with Crippen LogP contribution in [0.15, 0.2) is 111 Å². The number of sulfonamides is 2. The number of benzene rings is 4. The Morgan fingerprint density at radius 2 is 1.40 bits per heavy atom. The van der Waals surface area contributed by atoms with Crippen LogP contribution in [0.2, 0.25) is 5.02 Å². The van der Waals surface area contributed by atoms with Gasteiger partial charge < -0.3 is 5.32 Å². The van der Waals surface area contributed by atoms with Crippen LogP contribution in [-0.4, -0.2) is 29.3 Å². The van der Waals surface area contributed by atoms with E-state index in [1.165, 1.54) is 36.4 Å². The molecule has 0 unspecified atom stereocenters. The van der Waals surface area contributed by atoms with Crippen LogP contribution in [0.4, 0.5) is 30.2 Å². The van der Waals surface area contributed by atoms with E-state index in [1.807, 2.05) is 0 Å². The van der Waals surface area contributed by atoms with Gasteiger partial charge in [0.25, 0.3) is 20.0 Å². The van der Waals surface area contributed by atoms with Crippen molar-refractivity contribution in [1.82, 2.24) is 0 Å². The summed E-state index contributed by atoms with van der Waals surface area (Å²) in [4.78, 5) is 12.6. The lowest BCUT2D eigenvalue weighted by Crippen LogP contribution is -2.38. The van der Waals surface area contributed by atoms with E-state index in [9.17, 15) is 34.8 Å². The Kier molecular flexibility index (Phi) is 9.21. The van der Waals surface area contributed by atoms with Crippen LogP contribution in [0, 0.1) is 0 Å². The van der Waals surface area contributed by atoms with Crippen molar-refractivity contribution >= 4 is 70.5 Å². The van der Waals surface area contributed by atoms with E-state index >= 15 is 0 Å². The quantitative estimate of drug-likeness (QED) is 0.200. The van der Waals surface area contributed by atoms with Crippen LogP contribution in [-0.2, 0) is 31.0 Å². The number of amides is 1. The second-order valence-electron chi connectivity index (χ2n) is 8.67. The van der Waals surface area contributed by atoms with Crippen molar-refractivity contribution < 1.29 is 34.8 Å². The average molecular weight is 703 g/mol. The predicted octanol–water partition coefficient (Wildman–Crippen LogP) is 6.76. The Hall–Kier alpha value is -3.59. The van der Waals surface area contributed by atoms with Crippen molar-refractivity contribution in [1.29, 1.82) is 0 Å². The van der Waals surface area contributed by atoms with Crippen molar-refractivity contribution in [2.45, 2.75) is 16.0 Å². The summed E-state index contributed by atoms with van der Waals surface area (Å²) in [6.45, 7) is -0.599. The molecule has 4 rings (SSSR count). The van der Waals surface area contributed by atoms with E-state index in [0.717, 1.165) is 28.6 Å². The molecule has 0 aliphatic rings. The van der Waals surface area contributed by atoms with Crippen LogP contribution in [0.5, 0.6) is 0 Å². The Balaban J connectivity index is 1.51. The van der Waals surface area contributed by atoms with Crippen molar-refractivity contribution in [3.05, 3.63) is 112 Å². The molecule has 15 heteroatoms. The van der Waals surface area contributed by atoms with Gasteiger partial charge in [-0.05, 0) is 78.9 Å². The van der Waals surface area contributed by atoms with E-state index in [0.29, 0.717) is 10.5 Å². The molecule has 0 radical (unpaired) electrons. The summed E-state index contributed by atoms with van der Waals surface area (Å²) in [7, 11) is -8.44. The van der Waals surface area contributed by atoms with Gasteiger partial charge in [0, 0.05) is 15.8 Å². The average Bonchev–Trinajstić information content (AvgIpc) is 2.93. The maximum atomic E-state index is 13.4. The largest absolute Gasteiger partial charge is 0.417 e. The Labute approximate surface area is 253 Å². The highest BCUT2D eigenvalue weighted by atomic mass is 79.9. The molecular weight excluding hydrogens is 683 g/mol. The van der Waals surface area contributed by atoms with Gasteiger partial charge in [0.05, 0.1) is 26.1 Å². The van der Waals surface area contributed by atoms with Gasteiger partial charge >= 0.3 is 6.18 Å². The summed E-state index contributed by atoms with van der Waals surface area (Å²) in [6, 6.07) is 21.3. The molecule has 8 nitrogen and oxygen atoms in total. The highest BCUT2D eigenvalue weighted by Crippen LogP contribution is 2.36. The van der Waals surface area contributed by atoms with Crippen LogP contribution in [0.25, 0.3) is 0 Å². The molecule has 2 N–H and O–H groups in total. The minimum Gasteiger partial charge on any atom is -0.325 e. The lowest BCUT2D eigenvalue weighted by Gasteiger charge is -2.24. The Bertz CT molecular complexity index is 1810. The highest BCUT2D eigenvalue weighted by molar-refractivity contribution is 9.10. The smallest absolute Gasteiger partial charge is 0.325 e. The van der Waals surface area contributed by atoms with Gasteiger partial charge in [0.15, 0.2) is 0 Å². The first kappa shape index (κ1) is 31.3. The van der Waals surface area contributed by atoms with Gasteiger partial charge in [-0.1, -0.05) is 45.7 Å². The van der Waals surface area contributed by atoms with Gasteiger partial charge in [0.1, 0.15) is 6.54 Å². The molecule has 0 aliphatic carbocycles. The van der Waals surface area contributed by atoms with E-state index in [-0.39, 0.29) is 26.9 Å². The molecule has 0 saturated carbocycles. The maximum absolute atomic E-state index is 13.4. The first-order valence-electron chi connectivity index (χ1n) is 11.8. The Morgan fingerprint density at radius 3 is 2.00 bits per heavy atom. The van der Waals surface area contributed by atoms with Crippen molar-refractivity contribution in [3.63, 3.8) is 0 Å². The number of halogens is 5. The van der Waals surface area contributed by atoms with Crippen molar-refractivity contribution in [2.75, 3.05) is 20.9 Å². The summed E-state index contributed by atoms with van der Waals surface area (Å²) in [5.74, 6) is -0.716. The monoisotopic (exact) mass is 701 g/mol. The summed E-state index contributed by atoms with van der Waals surface area (Å²) >= 11 is 8.88. The third-order valence-corrected chi connectivity index (χ3v) is 9.75. The number of hydrogen-bond donors (Lipinski definition) is 2. The highest BCUT2D eigenvalue weighted by Gasteiger charge is 2.34. The molecule has 0 atom stereocenters. The molecule has 0 bridgehead atoms. The molecule has 4 aromatic rings. The number of carbonyl (C=O) groups is 1. The summed E-state index contributed by atoms with van der Waals surface area (Å²) in [5.41, 5.74) is -1.16. The van der Waals surface area contributed by atoms with Gasteiger partial charge in [-0.25, -0.2) is 16.8 Å². The molecule has 4 aromatic carbocycles. The normalized spacial score (nSPS) is 12.0. The number of hydrogen-bond acceptors (Lipinski definition) is 5. The van der Waals surface area contributed by atoms with Crippen LogP contribution >= 0.6 is 27.5 Å². The number of anilines is 3. The van der Waals surface area contributed by atoms with Crippen molar-refractivity contribution in [2.24, 2.45) is 0 Å². The van der Waals surface area contributed by atoms with Crippen LogP contribution in [0.1, 0.15) is 5.56 Å². The van der Waals surface area contributed by atoms with E-state index < -0.39 is 49.3 Å². The number of nitrogens with zero attached hydrogens (tertiary/aromatic N) is 1. The lowest BCUT2D eigenvalue weighted by atomic mass is 10.2. The maximum Gasteiger partial charge on any atom is 0.417 e. The van der Waals surface area contributed by atoms with Gasteiger partial charge in [-0.3, -0.25) is 13.8 Å². The zero-order valence-corrected chi connectivity index (χ0v) is 25.1. The molecule has 0 spiro atoms. The first-order chi connectivity index (χ1) is 19.7. The third-order valence-electron chi connectivity index (χ3n) is 5.71. The molecule has 1 amide bonds. The topological polar surface area (TPSA) is 113 Å². The molecular formula is C27H20BrClF3N3O5S2. The lowest BCUT2D eigenvalue weighted by molar-refractivity contribution is -0.137. The fraction of sp³-hybridized carbons (Fsp3) is 0.0741. The molecule has 0 heterocycles. The second kappa shape index (κ2) is 12.3. The first-order valence-corrected chi connectivity index (χ1v) is 15.9. The SMILES string of the molecule is O=C(CN(c1ccc(Br)cc1)S(=O)(=O)c1ccccc1)Nc1ccc(S(=O)(=O)Nc2ccc(Cl)c(C(F)(F)F)c2)cc1. The van der Waals surface area contributed by atoms with E-state index in [2.05, 4.69) is 26.0 Å². The number of alkyl halides is 3. The minimum absolute atomic E-state index is 0.0224. The molecule has 0 fully saturated rings. The summed E-state index contributed by atoms with van der Waals surface area (Å²) in [6.07, 6.45) is -4.79. The zero-order valence-electron chi connectivity index (χ0n) is 21.1. The summed E-state index contributed by atoms with van der Waals surface area (Å²) in [5, 5.41) is 1.94. The standard InChI is InChI=1S/C27H20BrClF3N3O5S2/c28-18-6-11-21(12-7-18)35(42(39,40)23-4-2-1-3-5-23)17-26(36)33-19-8-13-22(14-9-19)41(37,38)34-20-10-15-25(29)24(16-20)27(30,31)32/h1-16,34H,17H2,(H,33,36). The van der Waals surface area contributed by atoms with Gasteiger partial charge in [0.2, 0.25) is 5.91 Å². The number of nitrogens with one attached hydrogen (secondary N) is 2. The molecule has 220 valence electrons.